The Hall–Kier alpha value is -2.37. The van der Waals surface area contributed by atoms with Crippen LogP contribution in [0.4, 0.5) is 0 Å². The van der Waals surface area contributed by atoms with Gasteiger partial charge in [-0.15, -0.1) is 0 Å². The van der Waals surface area contributed by atoms with Crippen LogP contribution in [0.15, 0.2) is 72.9 Å². The molecule has 1 amide bonds. The fourth-order valence-electron chi connectivity index (χ4n) is 8.84. The molecule has 1 aliphatic heterocycles. The minimum atomic E-state index is -1.58. The molecule has 0 saturated carbocycles. The molecular formula is C61H109NO8. The van der Waals surface area contributed by atoms with Gasteiger partial charge in [-0.2, -0.15) is 0 Å². The molecule has 1 saturated heterocycles. The number of rotatable bonds is 49. The number of carbonyl (C=O) groups excluding carboxylic acids is 1. The smallest absolute Gasteiger partial charge is 0.220 e. The molecule has 1 fully saturated rings. The minimum absolute atomic E-state index is 0.192. The second-order valence-corrected chi connectivity index (χ2v) is 20.1. The molecule has 0 spiro atoms. The number of hydrogen-bond donors (Lipinski definition) is 6. The Kier molecular flexibility index (Phi) is 47.1. The highest BCUT2D eigenvalue weighted by molar-refractivity contribution is 5.76. The van der Waals surface area contributed by atoms with Gasteiger partial charge in [0.1, 0.15) is 24.4 Å². The van der Waals surface area contributed by atoms with Gasteiger partial charge in [-0.05, 0) is 83.5 Å². The predicted octanol–water partition coefficient (Wildman–Crippen LogP) is 14.5. The van der Waals surface area contributed by atoms with Crippen LogP contribution in [0, 0.1) is 0 Å². The zero-order valence-electron chi connectivity index (χ0n) is 45.0. The third-order valence-electron chi connectivity index (χ3n) is 13.5. The highest BCUT2D eigenvalue weighted by atomic mass is 16.7. The fourth-order valence-corrected chi connectivity index (χ4v) is 8.84. The second kappa shape index (κ2) is 50.2. The lowest BCUT2D eigenvalue weighted by Crippen LogP contribution is -2.60. The molecule has 9 nitrogen and oxygen atoms in total. The molecule has 0 radical (unpaired) electrons. The van der Waals surface area contributed by atoms with Gasteiger partial charge in [-0.3, -0.25) is 4.79 Å². The molecule has 0 aromatic heterocycles. The van der Waals surface area contributed by atoms with Crippen LogP contribution in [0.25, 0.3) is 0 Å². The van der Waals surface area contributed by atoms with Gasteiger partial charge in [0.25, 0.3) is 0 Å². The van der Waals surface area contributed by atoms with E-state index in [1.807, 2.05) is 6.08 Å². The van der Waals surface area contributed by atoms with Crippen LogP contribution in [-0.4, -0.2) is 87.5 Å². The van der Waals surface area contributed by atoms with Crippen molar-refractivity contribution in [1.29, 1.82) is 0 Å². The van der Waals surface area contributed by atoms with E-state index in [0.717, 1.165) is 64.2 Å². The van der Waals surface area contributed by atoms with E-state index in [1.54, 1.807) is 6.08 Å². The number of carbonyl (C=O) groups is 1. The van der Waals surface area contributed by atoms with Crippen LogP contribution < -0.4 is 5.32 Å². The first-order valence-electron chi connectivity index (χ1n) is 29.2. The maximum absolute atomic E-state index is 13.0. The SMILES string of the molecule is CCCCCCC/C=C\C/C=C\C/C=C\CCCCCCCCCCCCCCCCCCC(=O)NC(COC1OC(CO)C(O)C(O)C1O)C(O)/C=C/CC/C=C/CC/C=C/CCCCCCCC. The van der Waals surface area contributed by atoms with Gasteiger partial charge in [-0.25, -0.2) is 0 Å². The van der Waals surface area contributed by atoms with E-state index in [2.05, 4.69) is 79.9 Å². The summed E-state index contributed by atoms with van der Waals surface area (Å²) in [7, 11) is 0. The summed E-state index contributed by atoms with van der Waals surface area (Å²) in [4.78, 5) is 13.0. The Labute approximate surface area is 429 Å². The van der Waals surface area contributed by atoms with E-state index in [4.69, 9.17) is 9.47 Å². The van der Waals surface area contributed by atoms with Crippen LogP contribution >= 0.6 is 0 Å². The number of aliphatic hydroxyl groups is 5. The number of allylic oxidation sites excluding steroid dienone is 11. The van der Waals surface area contributed by atoms with E-state index in [-0.39, 0.29) is 12.5 Å². The van der Waals surface area contributed by atoms with Gasteiger partial charge in [0, 0.05) is 6.42 Å². The Morgan fingerprint density at radius 3 is 1.30 bits per heavy atom. The first-order valence-corrected chi connectivity index (χ1v) is 29.2. The Morgan fingerprint density at radius 2 is 0.857 bits per heavy atom. The molecule has 0 aliphatic carbocycles. The van der Waals surface area contributed by atoms with Crippen molar-refractivity contribution in [2.45, 2.75) is 294 Å². The first-order chi connectivity index (χ1) is 34.3. The number of unbranched alkanes of at least 4 members (excludes halogenated alkanes) is 29. The van der Waals surface area contributed by atoms with Crippen molar-refractivity contribution in [3.63, 3.8) is 0 Å². The molecule has 1 heterocycles. The zero-order chi connectivity index (χ0) is 50.8. The van der Waals surface area contributed by atoms with Crippen molar-refractivity contribution in [1.82, 2.24) is 5.32 Å². The third kappa shape index (κ3) is 39.2. The number of ether oxygens (including phenoxy) is 2. The lowest BCUT2D eigenvalue weighted by Gasteiger charge is -2.40. The van der Waals surface area contributed by atoms with Crippen molar-refractivity contribution >= 4 is 5.91 Å². The summed E-state index contributed by atoms with van der Waals surface area (Å²) in [5.41, 5.74) is 0. The molecule has 9 heteroatoms. The van der Waals surface area contributed by atoms with Gasteiger partial charge >= 0.3 is 0 Å². The monoisotopic (exact) mass is 984 g/mol. The van der Waals surface area contributed by atoms with Crippen molar-refractivity contribution in [2.24, 2.45) is 0 Å². The molecular weight excluding hydrogens is 875 g/mol. The van der Waals surface area contributed by atoms with E-state index in [0.29, 0.717) is 6.42 Å². The van der Waals surface area contributed by atoms with Crippen LogP contribution in [0.5, 0.6) is 0 Å². The number of amides is 1. The third-order valence-corrected chi connectivity index (χ3v) is 13.5. The summed E-state index contributed by atoms with van der Waals surface area (Å²) in [5.74, 6) is -0.192. The Balaban J connectivity index is 2.19. The van der Waals surface area contributed by atoms with Crippen molar-refractivity contribution < 1.29 is 39.8 Å². The second-order valence-electron chi connectivity index (χ2n) is 20.1. The maximum Gasteiger partial charge on any atom is 0.220 e. The van der Waals surface area contributed by atoms with Crippen LogP contribution in [0.1, 0.15) is 251 Å². The largest absolute Gasteiger partial charge is 0.394 e. The Morgan fingerprint density at radius 1 is 0.486 bits per heavy atom. The fraction of sp³-hybridized carbons (Fsp3) is 0.787. The lowest BCUT2D eigenvalue weighted by molar-refractivity contribution is -0.302. The van der Waals surface area contributed by atoms with E-state index in [9.17, 15) is 30.3 Å². The molecule has 6 N–H and O–H groups in total. The van der Waals surface area contributed by atoms with E-state index >= 15 is 0 Å². The van der Waals surface area contributed by atoms with Crippen LogP contribution in [-0.2, 0) is 14.3 Å². The minimum Gasteiger partial charge on any atom is -0.394 e. The van der Waals surface area contributed by atoms with Crippen LogP contribution in [0.2, 0.25) is 0 Å². The van der Waals surface area contributed by atoms with Crippen molar-refractivity contribution in [3.05, 3.63) is 72.9 Å². The summed E-state index contributed by atoms with van der Waals surface area (Å²) in [6, 6.07) is -0.830. The molecule has 7 unspecified atom stereocenters. The Bertz CT molecular complexity index is 1330. The lowest BCUT2D eigenvalue weighted by atomic mass is 9.99. The summed E-state index contributed by atoms with van der Waals surface area (Å²) in [6.07, 6.45) is 62.6. The van der Waals surface area contributed by atoms with Crippen molar-refractivity contribution in [3.8, 4) is 0 Å². The molecule has 0 aromatic carbocycles. The highest BCUT2D eigenvalue weighted by Gasteiger charge is 2.44. The molecule has 0 aromatic rings. The molecule has 70 heavy (non-hydrogen) atoms. The summed E-state index contributed by atoms with van der Waals surface area (Å²) in [6.45, 7) is 3.74. The predicted molar refractivity (Wildman–Crippen MR) is 295 cm³/mol. The number of hydrogen-bond acceptors (Lipinski definition) is 8. The van der Waals surface area contributed by atoms with Gasteiger partial charge < -0.3 is 40.3 Å². The van der Waals surface area contributed by atoms with Gasteiger partial charge in [0.2, 0.25) is 5.91 Å². The van der Waals surface area contributed by atoms with E-state index in [1.165, 1.54) is 167 Å². The van der Waals surface area contributed by atoms with Gasteiger partial charge in [-0.1, -0.05) is 234 Å². The summed E-state index contributed by atoms with van der Waals surface area (Å²) in [5, 5.41) is 54.4. The number of aliphatic hydroxyl groups excluding tert-OH is 5. The number of nitrogens with one attached hydrogen (secondary N) is 1. The van der Waals surface area contributed by atoms with Crippen molar-refractivity contribution in [2.75, 3.05) is 13.2 Å². The zero-order valence-corrected chi connectivity index (χ0v) is 45.0. The topological polar surface area (TPSA) is 149 Å². The normalized spacial score (nSPS) is 19.9. The highest BCUT2D eigenvalue weighted by Crippen LogP contribution is 2.23. The summed E-state index contributed by atoms with van der Waals surface area (Å²) < 4.78 is 11.2. The average Bonchev–Trinajstić information content (AvgIpc) is 3.36. The molecule has 0 bridgehead atoms. The maximum atomic E-state index is 13.0. The van der Waals surface area contributed by atoms with Gasteiger partial charge in [0.05, 0.1) is 25.4 Å². The van der Waals surface area contributed by atoms with Gasteiger partial charge in [0.15, 0.2) is 6.29 Å². The quantitative estimate of drug-likeness (QED) is 0.0261. The first kappa shape index (κ1) is 65.6. The molecule has 406 valence electrons. The summed E-state index contributed by atoms with van der Waals surface area (Å²) >= 11 is 0. The molecule has 1 aliphatic rings. The van der Waals surface area contributed by atoms with E-state index < -0.39 is 49.5 Å². The molecule has 7 atom stereocenters. The standard InChI is InChI=1S/C61H109NO8/c1-3-5-7-9-11-13-15-17-19-21-22-23-24-25-26-27-28-29-30-31-32-33-34-35-37-39-41-43-45-47-49-51-57(65)62-54(53-69-61-60(68)59(67)58(66)56(52-63)70-61)55(64)50-48-46-44-42-40-38-36-20-18-16-14-12-10-8-6-4-2/h15,17-18,20-22,24-25,40,42,48,50,54-56,58-61,63-64,66-68H,3-14,16,19,23,26-39,41,43-47,49,51-53H2,1-2H3,(H,62,65)/b17-15-,20-18+,22-21-,25-24-,42-40+,50-48+. The molecule has 1 rings (SSSR count). The average molecular weight is 985 g/mol. The van der Waals surface area contributed by atoms with Crippen LogP contribution in [0.3, 0.4) is 0 Å².